The summed E-state index contributed by atoms with van der Waals surface area (Å²) in [4.78, 5) is 4.51. The monoisotopic (exact) mass is 342 g/mol. The molecule has 0 bridgehead atoms. The highest BCUT2D eigenvalue weighted by atomic mass is 14.9. The van der Waals surface area contributed by atoms with Gasteiger partial charge in [0.2, 0.25) is 0 Å². The Bertz CT molecular complexity index is 974. The van der Waals surface area contributed by atoms with Gasteiger partial charge in [0, 0.05) is 30.1 Å². The molecule has 2 aromatic rings. The zero-order valence-electron chi connectivity index (χ0n) is 15.7. The second kappa shape index (κ2) is 9.06. The van der Waals surface area contributed by atoms with E-state index in [0.717, 1.165) is 37.2 Å². The van der Waals surface area contributed by atoms with Crippen molar-refractivity contribution in [3.63, 3.8) is 0 Å². The maximum atomic E-state index is 4.51. The van der Waals surface area contributed by atoms with E-state index in [1.807, 2.05) is 0 Å². The summed E-state index contributed by atoms with van der Waals surface area (Å²) in [7, 11) is 0. The van der Waals surface area contributed by atoms with Crippen LogP contribution in [0.3, 0.4) is 0 Å². The molecule has 0 amide bonds. The van der Waals surface area contributed by atoms with E-state index in [4.69, 9.17) is 0 Å². The lowest BCUT2D eigenvalue weighted by Gasteiger charge is -2.07. The van der Waals surface area contributed by atoms with Crippen LogP contribution < -0.4 is 10.6 Å². The summed E-state index contributed by atoms with van der Waals surface area (Å²) in [6.07, 6.45) is 14.1. The third-order valence-corrected chi connectivity index (χ3v) is 4.49. The van der Waals surface area contributed by atoms with Gasteiger partial charge in [0.1, 0.15) is 5.71 Å². The predicted molar refractivity (Wildman–Crippen MR) is 112 cm³/mol. The van der Waals surface area contributed by atoms with E-state index in [1.165, 1.54) is 22.6 Å². The highest BCUT2D eigenvalue weighted by Crippen LogP contribution is 2.08. The largest absolute Gasteiger partial charge is 0.343 e. The molecule has 2 heterocycles. The number of allylic oxidation sites excluding steroid dienone is 2. The van der Waals surface area contributed by atoms with Crippen molar-refractivity contribution >= 4 is 17.9 Å². The Balaban J connectivity index is 1.83. The maximum absolute atomic E-state index is 4.51. The smallest absolute Gasteiger partial charge is 0.114 e. The number of unbranched alkanes of at least 4 members (excludes halogenated alkanes) is 1. The summed E-state index contributed by atoms with van der Waals surface area (Å²) in [5, 5.41) is 2.53. The van der Waals surface area contributed by atoms with E-state index >= 15 is 0 Å². The zero-order chi connectivity index (χ0) is 18.2. The molecular formula is C24H26N2. The van der Waals surface area contributed by atoms with E-state index in [0.29, 0.717) is 0 Å². The summed E-state index contributed by atoms with van der Waals surface area (Å²) >= 11 is 0. The molecule has 0 spiro atoms. The average molecular weight is 342 g/mol. The topological polar surface area (TPSA) is 17.3 Å². The molecule has 0 atom stereocenters. The fourth-order valence-electron chi connectivity index (χ4n) is 3.04. The van der Waals surface area contributed by atoms with Gasteiger partial charge in [0.05, 0.1) is 6.54 Å². The first-order valence-electron chi connectivity index (χ1n) is 9.43. The van der Waals surface area contributed by atoms with E-state index in [1.54, 1.807) is 0 Å². The lowest BCUT2D eigenvalue weighted by molar-refractivity contribution is 0.778. The summed E-state index contributed by atoms with van der Waals surface area (Å²) in [5.74, 6) is 6.27. The molecule has 1 aliphatic heterocycles. The van der Waals surface area contributed by atoms with Crippen molar-refractivity contribution in [3.05, 3.63) is 70.4 Å². The fraction of sp³-hybridized carbons (Fsp3) is 0.292. The van der Waals surface area contributed by atoms with Gasteiger partial charge in [0.25, 0.3) is 0 Å². The molecule has 0 aliphatic carbocycles. The highest BCUT2D eigenvalue weighted by molar-refractivity contribution is 6.13. The maximum Gasteiger partial charge on any atom is 0.114 e. The van der Waals surface area contributed by atoms with Crippen LogP contribution in [0.15, 0.2) is 53.7 Å². The first kappa shape index (κ1) is 18.0. The summed E-state index contributed by atoms with van der Waals surface area (Å²) in [6, 6.07) is 10.8. The van der Waals surface area contributed by atoms with Crippen molar-refractivity contribution in [3.8, 4) is 11.8 Å². The first-order chi connectivity index (χ1) is 12.8. The molecule has 0 N–H and O–H groups in total. The molecule has 1 aromatic carbocycles. The quantitative estimate of drug-likeness (QED) is 0.713. The number of hydrogen-bond donors (Lipinski definition) is 0. The van der Waals surface area contributed by atoms with Crippen LogP contribution in [0.25, 0.3) is 12.2 Å². The second-order valence-electron chi connectivity index (χ2n) is 6.44. The Morgan fingerprint density at radius 2 is 2.04 bits per heavy atom. The standard InChI is InChI=1S/C24H26N2/c1-3-5-6-7-11-24-21(4-2)16-18-26(24)19-20-12-14-22(15-13-20)23-10-8-9-17-25-23/h4,6-7,11-16,18H,3,5,9,17,19H2,1-2H3/b7-6-,21-4-,24-11+. The minimum Gasteiger partial charge on any atom is -0.343 e. The van der Waals surface area contributed by atoms with Crippen LogP contribution in [0.5, 0.6) is 0 Å². The number of benzene rings is 1. The molecule has 2 heteroatoms. The number of aromatic nitrogens is 1. The Hall–Kier alpha value is -2.79. The van der Waals surface area contributed by atoms with Gasteiger partial charge >= 0.3 is 0 Å². The van der Waals surface area contributed by atoms with Crippen molar-refractivity contribution in [1.82, 2.24) is 4.57 Å². The SMILES string of the molecule is C/C=c1/ccn(Cc2ccc(C3=NCCC#C3)cc2)/c1=C/C=C\CCC. The number of aliphatic imine (C=N–C) groups is 1. The van der Waals surface area contributed by atoms with Gasteiger partial charge in [-0.05, 0) is 42.2 Å². The van der Waals surface area contributed by atoms with E-state index < -0.39 is 0 Å². The molecule has 132 valence electrons. The Morgan fingerprint density at radius 1 is 1.19 bits per heavy atom. The van der Waals surface area contributed by atoms with E-state index in [9.17, 15) is 0 Å². The number of hydrogen-bond acceptors (Lipinski definition) is 1. The first-order valence-corrected chi connectivity index (χ1v) is 9.43. The van der Waals surface area contributed by atoms with Gasteiger partial charge in [-0.2, -0.15) is 0 Å². The minimum atomic E-state index is 0.814. The Kier molecular flexibility index (Phi) is 6.28. The molecule has 26 heavy (non-hydrogen) atoms. The molecule has 1 aromatic heterocycles. The highest BCUT2D eigenvalue weighted by Gasteiger charge is 2.04. The predicted octanol–water partition coefficient (Wildman–Crippen LogP) is 3.67. The van der Waals surface area contributed by atoms with Gasteiger partial charge in [-0.25, -0.2) is 0 Å². The van der Waals surface area contributed by atoms with E-state index in [-0.39, 0.29) is 0 Å². The zero-order valence-corrected chi connectivity index (χ0v) is 15.7. The van der Waals surface area contributed by atoms with Crippen LogP contribution in [0.1, 0.15) is 44.2 Å². The van der Waals surface area contributed by atoms with E-state index in [2.05, 4.69) is 96.1 Å². The number of rotatable bonds is 6. The Labute approximate surface area is 156 Å². The number of nitrogens with zero attached hydrogens (tertiary/aromatic N) is 2. The van der Waals surface area contributed by atoms with Crippen LogP contribution in [-0.4, -0.2) is 16.8 Å². The third-order valence-electron chi connectivity index (χ3n) is 4.49. The van der Waals surface area contributed by atoms with Crippen LogP contribution in [-0.2, 0) is 6.54 Å². The average Bonchev–Trinajstić information content (AvgIpc) is 3.08. The molecule has 3 rings (SSSR count). The summed E-state index contributed by atoms with van der Waals surface area (Å²) < 4.78 is 2.30. The van der Waals surface area contributed by atoms with Gasteiger partial charge in [-0.1, -0.05) is 61.8 Å². The second-order valence-corrected chi connectivity index (χ2v) is 6.44. The van der Waals surface area contributed by atoms with Crippen LogP contribution in [0.4, 0.5) is 0 Å². The molecule has 0 radical (unpaired) electrons. The molecule has 0 unspecified atom stereocenters. The fourth-order valence-corrected chi connectivity index (χ4v) is 3.04. The summed E-state index contributed by atoms with van der Waals surface area (Å²) in [6.45, 7) is 5.97. The van der Waals surface area contributed by atoms with Crippen molar-refractivity contribution in [2.75, 3.05) is 6.54 Å². The molecule has 0 saturated heterocycles. The van der Waals surface area contributed by atoms with Gasteiger partial charge in [-0.3, -0.25) is 4.99 Å². The van der Waals surface area contributed by atoms with Crippen molar-refractivity contribution in [1.29, 1.82) is 0 Å². The van der Waals surface area contributed by atoms with Gasteiger partial charge in [-0.15, -0.1) is 0 Å². The summed E-state index contributed by atoms with van der Waals surface area (Å²) in [5.41, 5.74) is 3.32. The normalized spacial score (nSPS) is 15.2. The van der Waals surface area contributed by atoms with Crippen LogP contribution in [0.2, 0.25) is 0 Å². The van der Waals surface area contributed by atoms with Gasteiger partial charge < -0.3 is 4.57 Å². The van der Waals surface area contributed by atoms with Gasteiger partial charge in [0.15, 0.2) is 0 Å². The third kappa shape index (κ3) is 4.43. The molecule has 0 saturated carbocycles. The molecular weight excluding hydrogens is 316 g/mol. The lowest BCUT2D eigenvalue weighted by Crippen LogP contribution is -2.28. The Morgan fingerprint density at radius 3 is 2.73 bits per heavy atom. The minimum absolute atomic E-state index is 0.814. The van der Waals surface area contributed by atoms with Crippen LogP contribution in [0, 0.1) is 11.8 Å². The molecule has 2 nitrogen and oxygen atoms in total. The lowest BCUT2D eigenvalue weighted by atomic mass is 10.1. The van der Waals surface area contributed by atoms with Crippen molar-refractivity contribution in [2.24, 2.45) is 4.99 Å². The van der Waals surface area contributed by atoms with Crippen molar-refractivity contribution < 1.29 is 0 Å². The van der Waals surface area contributed by atoms with Crippen molar-refractivity contribution in [2.45, 2.75) is 39.7 Å². The molecule has 0 fully saturated rings. The molecule has 1 aliphatic rings. The van der Waals surface area contributed by atoms with Crippen LogP contribution >= 0.6 is 0 Å².